The van der Waals surface area contributed by atoms with Gasteiger partial charge in [-0.15, -0.1) is 0 Å². The van der Waals surface area contributed by atoms with Gasteiger partial charge < -0.3 is 24.8 Å². The molecule has 0 radical (unpaired) electrons. The van der Waals surface area contributed by atoms with Gasteiger partial charge in [0.05, 0.1) is 26.9 Å². The molecule has 1 fully saturated rings. The fraction of sp³-hybridized carbons (Fsp3) is 0.533. The number of nitrogens with zero attached hydrogens (tertiary/aromatic N) is 1. The Morgan fingerprint density at radius 1 is 1.38 bits per heavy atom. The predicted molar refractivity (Wildman–Crippen MR) is 78.8 cm³/mol. The number of carbonyl (C=O) groups is 1. The van der Waals surface area contributed by atoms with Gasteiger partial charge in [0.25, 0.3) is 5.91 Å². The lowest BCUT2D eigenvalue weighted by atomic mass is 10.1. The zero-order chi connectivity index (χ0) is 15.4. The molecular formula is C15H22N2O4. The second-order valence-electron chi connectivity index (χ2n) is 5.09. The molecule has 116 valence electrons. The molecule has 1 heterocycles. The molecule has 1 aliphatic heterocycles. The van der Waals surface area contributed by atoms with E-state index in [4.69, 9.17) is 19.9 Å². The van der Waals surface area contributed by atoms with Crippen LogP contribution >= 0.6 is 0 Å². The summed E-state index contributed by atoms with van der Waals surface area (Å²) in [5.41, 5.74) is 6.42. The molecule has 6 nitrogen and oxygen atoms in total. The van der Waals surface area contributed by atoms with Crippen LogP contribution in [0.15, 0.2) is 18.2 Å². The number of hydrogen-bond acceptors (Lipinski definition) is 5. The Labute approximate surface area is 124 Å². The predicted octanol–water partition coefficient (Wildman–Crippen LogP) is 0.892. The first-order valence-electron chi connectivity index (χ1n) is 6.95. The molecule has 0 spiro atoms. The number of benzene rings is 1. The van der Waals surface area contributed by atoms with Crippen molar-refractivity contribution in [2.75, 3.05) is 33.9 Å². The molecule has 2 rings (SSSR count). The minimum Gasteiger partial charge on any atom is -0.493 e. The van der Waals surface area contributed by atoms with Crippen molar-refractivity contribution < 1.29 is 19.0 Å². The van der Waals surface area contributed by atoms with E-state index in [0.29, 0.717) is 36.8 Å². The summed E-state index contributed by atoms with van der Waals surface area (Å²) in [7, 11) is 3.11. The Balaban J connectivity index is 2.16. The van der Waals surface area contributed by atoms with Gasteiger partial charge >= 0.3 is 0 Å². The molecule has 1 saturated heterocycles. The van der Waals surface area contributed by atoms with Crippen molar-refractivity contribution in [2.45, 2.75) is 19.1 Å². The van der Waals surface area contributed by atoms with E-state index in [1.54, 1.807) is 37.3 Å². The van der Waals surface area contributed by atoms with Gasteiger partial charge in [-0.1, -0.05) is 0 Å². The van der Waals surface area contributed by atoms with E-state index in [0.717, 1.165) is 0 Å². The first kappa shape index (κ1) is 15.6. The number of rotatable bonds is 4. The van der Waals surface area contributed by atoms with Crippen LogP contribution in [0, 0.1) is 0 Å². The fourth-order valence-corrected chi connectivity index (χ4v) is 2.33. The van der Waals surface area contributed by atoms with Crippen LogP contribution in [0.5, 0.6) is 11.5 Å². The van der Waals surface area contributed by atoms with Crippen LogP contribution in [0.2, 0.25) is 0 Å². The maximum Gasteiger partial charge on any atom is 0.254 e. The largest absolute Gasteiger partial charge is 0.493 e. The zero-order valence-corrected chi connectivity index (χ0v) is 12.7. The number of ether oxygens (including phenoxy) is 3. The fourth-order valence-electron chi connectivity index (χ4n) is 2.33. The molecule has 1 aromatic carbocycles. The van der Waals surface area contributed by atoms with E-state index in [9.17, 15) is 4.79 Å². The van der Waals surface area contributed by atoms with E-state index >= 15 is 0 Å². The quantitative estimate of drug-likeness (QED) is 0.893. The molecule has 1 amide bonds. The highest BCUT2D eigenvalue weighted by Gasteiger charge is 2.27. The lowest BCUT2D eigenvalue weighted by Gasteiger charge is -2.34. The molecule has 0 bridgehead atoms. The van der Waals surface area contributed by atoms with E-state index < -0.39 is 0 Å². The van der Waals surface area contributed by atoms with Gasteiger partial charge in [-0.3, -0.25) is 4.79 Å². The van der Waals surface area contributed by atoms with E-state index in [2.05, 4.69) is 0 Å². The van der Waals surface area contributed by atoms with Gasteiger partial charge in [-0.2, -0.15) is 0 Å². The summed E-state index contributed by atoms with van der Waals surface area (Å²) in [6, 6.07) is 5.05. The number of nitrogens with two attached hydrogens (primary N) is 1. The van der Waals surface area contributed by atoms with Crippen LogP contribution in [-0.4, -0.2) is 56.9 Å². The number of hydrogen-bond donors (Lipinski definition) is 1. The monoisotopic (exact) mass is 294 g/mol. The first-order valence-corrected chi connectivity index (χ1v) is 6.95. The average Bonchev–Trinajstić information content (AvgIpc) is 2.53. The van der Waals surface area contributed by atoms with Crippen LogP contribution in [0.4, 0.5) is 0 Å². The molecule has 1 aromatic rings. The minimum absolute atomic E-state index is 0.0510. The van der Waals surface area contributed by atoms with Crippen LogP contribution in [0.3, 0.4) is 0 Å². The van der Waals surface area contributed by atoms with Crippen LogP contribution < -0.4 is 15.2 Å². The van der Waals surface area contributed by atoms with Crippen LogP contribution in [-0.2, 0) is 4.74 Å². The first-order chi connectivity index (χ1) is 10.1. The van der Waals surface area contributed by atoms with Gasteiger partial charge in [-0.05, 0) is 25.1 Å². The lowest BCUT2D eigenvalue weighted by molar-refractivity contribution is -0.0300. The highest BCUT2D eigenvalue weighted by Crippen LogP contribution is 2.28. The van der Waals surface area contributed by atoms with Gasteiger partial charge in [-0.25, -0.2) is 0 Å². The summed E-state index contributed by atoms with van der Waals surface area (Å²) >= 11 is 0. The van der Waals surface area contributed by atoms with Gasteiger partial charge in [0.1, 0.15) is 0 Å². The smallest absolute Gasteiger partial charge is 0.254 e. The van der Waals surface area contributed by atoms with Crippen molar-refractivity contribution in [3.05, 3.63) is 23.8 Å². The molecule has 2 unspecified atom stereocenters. The minimum atomic E-state index is -0.122. The highest BCUT2D eigenvalue weighted by atomic mass is 16.5. The summed E-state index contributed by atoms with van der Waals surface area (Å²) in [5.74, 6) is 1.09. The summed E-state index contributed by atoms with van der Waals surface area (Å²) in [4.78, 5) is 14.3. The molecule has 0 aromatic heterocycles. The molecule has 2 atom stereocenters. The number of amides is 1. The third kappa shape index (κ3) is 3.46. The van der Waals surface area contributed by atoms with Crippen molar-refractivity contribution >= 4 is 5.91 Å². The van der Waals surface area contributed by atoms with Crippen molar-refractivity contribution in [1.82, 2.24) is 4.90 Å². The Morgan fingerprint density at radius 3 is 2.71 bits per heavy atom. The lowest BCUT2D eigenvalue weighted by Crippen LogP contribution is -2.51. The molecule has 0 aliphatic carbocycles. The maximum absolute atomic E-state index is 12.6. The van der Waals surface area contributed by atoms with E-state index in [1.165, 1.54) is 0 Å². The zero-order valence-electron chi connectivity index (χ0n) is 12.7. The molecule has 1 aliphatic rings. The van der Waals surface area contributed by atoms with Crippen molar-refractivity contribution in [3.8, 4) is 11.5 Å². The second-order valence-corrected chi connectivity index (χ2v) is 5.09. The SMILES string of the molecule is COc1ccc(C(=O)N2CCOC(C(C)N)C2)cc1OC. The van der Waals surface area contributed by atoms with Gasteiger partial charge in [0.2, 0.25) is 0 Å². The molecule has 21 heavy (non-hydrogen) atoms. The average molecular weight is 294 g/mol. The van der Waals surface area contributed by atoms with E-state index in [1.807, 2.05) is 6.92 Å². The second kappa shape index (κ2) is 6.78. The topological polar surface area (TPSA) is 74.0 Å². The van der Waals surface area contributed by atoms with Crippen molar-refractivity contribution in [3.63, 3.8) is 0 Å². The van der Waals surface area contributed by atoms with Gasteiger partial charge in [0.15, 0.2) is 11.5 Å². The Morgan fingerprint density at radius 2 is 2.10 bits per heavy atom. The van der Waals surface area contributed by atoms with E-state index in [-0.39, 0.29) is 18.1 Å². The Kier molecular flexibility index (Phi) is 5.03. The Bertz CT molecular complexity index is 504. The summed E-state index contributed by atoms with van der Waals surface area (Å²) < 4.78 is 16.0. The summed E-state index contributed by atoms with van der Waals surface area (Å²) in [6.45, 7) is 3.46. The van der Waals surface area contributed by atoms with Crippen LogP contribution in [0.1, 0.15) is 17.3 Å². The summed E-state index contributed by atoms with van der Waals surface area (Å²) in [5, 5.41) is 0. The number of morpholine rings is 1. The van der Waals surface area contributed by atoms with Gasteiger partial charge in [0, 0.05) is 24.7 Å². The highest BCUT2D eigenvalue weighted by molar-refractivity contribution is 5.95. The van der Waals surface area contributed by atoms with Crippen LogP contribution in [0.25, 0.3) is 0 Å². The molecule has 2 N–H and O–H groups in total. The summed E-state index contributed by atoms with van der Waals surface area (Å²) in [6.07, 6.45) is -0.122. The third-order valence-electron chi connectivity index (χ3n) is 3.60. The van der Waals surface area contributed by atoms with Crippen molar-refractivity contribution in [2.24, 2.45) is 5.73 Å². The number of carbonyl (C=O) groups excluding carboxylic acids is 1. The van der Waals surface area contributed by atoms with Crippen molar-refractivity contribution in [1.29, 1.82) is 0 Å². The normalized spacial score (nSPS) is 20.0. The standard InChI is InChI=1S/C15H22N2O4/c1-10(16)14-9-17(6-7-21-14)15(18)11-4-5-12(19-2)13(8-11)20-3/h4-5,8,10,14H,6-7,9,16H2,1-3H3. The molecule has 0 saturated carbocycles. The molecule has 6 heteroatoms. The third-order valence-corrected chi connectivity index (χ3v) is 3.60. The number of methoxy groups -OCH3 is 2. The molecular weight excluding hydrogens is 272 g/mol. The maximum atomic E-state index is 12.6. The Hall–Kier alpha value is -1.79.